The highest BCUT2D eigenvalue weighted by molar-refractivity contribution is 5.88. The van der Waals surface area contributed by atoms with E-state index in [0.29, 0.717) is 19.0 Å². The first kappa shape index (κ1) is 15.7. The molecule has 0 atom stereocenters. The van der Waals surface area contributed by atoms with Crippen molar-refractivity contribution in [1.82, 2.24) is 4.90 Å². The summed E-state index contributed by atoms with van der Waals surface area (Å²) in [6, 6.07) is 2.47. The lowest BCUT2D eigenvalue weighted by atomic mass is 10.1. The summed E-state index contributed by atoms with van der Waals surface area (Å²) >= 11 is 0. The Balaban J connectivity index is 2.10. The van der Waals surface area contributed by atoms with Gasteiger partial charge in [-0.05, 0) is 18.1 Å². The van der Waals surface area contributed by atoms with E-state index in [1.54, 1.807) is 4.90 Å². The van der Waals surface area contributed by atoms with E-state index >= 15 is 0 Å². The van der Waals surface area contributed by atoms with Crippen LogP contribution in [0.1, 0.15) is 24.2 Å². The third kappa shape index (κ3) is 3.50. The molecule has 1 aromatic rings. The van der Waals surface area contributed by atoms with Crippen LogP contribution in [0.4, 0.5) is 14.5 Å². The van der Waals surface area contributed by atoms with Gasteiger partial charge in [-0.25, -0.2) is 13.6 Å². The van der Waals surface area contributed by atoms with E-state index in [2.05, 4.69) is 18.7 Å². The van der Waals surface area contributed by atoms with Crippen molar-refractivity contribution in [3.8, 4) is 0 Å². The molecule has 0 unspecified atom stereocenters. The number of carboxylic acid groups (broad SMARTS) is 1. The van der Waals surface area contributed by atoms with Gasteiger partial charge in [-0.2, -0.15) is 0 Å². The first-order chi connectivity index (χ1) is 9.90. The molecule has 4 nitrogen and oxygen atoms in total. The zero-order valence-corrected chi connectivity index (χ0v) is 12.3. The minimum absolute atomic E-state index is 0.140. The van der Waals surface area contributed by atoms with Crippen molar-refractivity contribution in [3.63, 3.8) is 0 Å². The summed E-state index contributed by atoms with van der Waals surface area (Å²) in [6.07, 6.45) is 0. The van der Waals surface area contributed by atoms with Crippen LogP contribution in [0.25, 0.3) is 0 Å². The summed E-state index contributed by atoms with van der Waals surface area (Å²) in [5.74, 6) is -3.25. The number of rotatable bonds is 4. The lowest BCUT2D eigenvalue weighted by molar-refractivity contribution is 0.0690. The number of halogens is 2. The molecule has 0 aliphatic carbocycles. The van der Waals surface area contributed by atoms with Gasteiger partial charge in [0.1, 0.15) is 0 Å². The lowest BCUT2D eigenvalue weighted by Crippen LogP contribution is -2.47. The molecule has 1 N–H and O–H groups in total. The molecule has 0 radical (unpaired) electrons. The van der Waals surface area contributed by atoms with Crippen LogP contribution in [0, 0.1) is 17.6 Å². The predicted molar refractivity (Wildman–Crippen MR) is 76.8 cm³/mol. The van der Waals surface area contributed by atoms with E-state index < -0.39 is 23.2 Å². The lowest BCUT2D eigenvalue weighted by Gasteiger charge is -2.37. The van der Waals surface area contributed by atoms with Gasteiger partial charge in [0.15, 0.2) is 11.6 Å². The number of anilines is 1. The molecule has 1 saturated heterocycles. The zero-order valence-electron chi connectivity index (χ0n) is 12.3. The fourth-order valence-corrected chi connectivity index (χ4v) is 2.64. The second kappa shape index (κ2) is 6.39. The Morgan fingerprint density at radius 2 is 1.81 bits per heavy atom. The van der Waals surface area contributed by atoms with Crippen LogP contribution in [-0.4, -0.2) is 48.7 Å². The van der Waals surface area contributed by atoms with Crippen LogP contribution >= 0.6 is 0 Å². The number of carboxylic acids is 1. The van der Waals surface area contributed by atoms with Crippen LogP contribution in [-0.2, 0) is 0 Å². The van der Waals surface area contributed by atoms with Crippen molar-refractivity contribution in [3.05, 3.63) is 29.3 Å². The maximum absolute atomic E-state index is 14.0. The Labute approximate surface area is 123 Å². The highest BCUT2D eigenvalue weighted by Crippen LogP contribution is 2.25. The summed E-state index contributed by atoms with van der Waals surface area (Å²) in [5, 5.41) is 8.78. The second-order valence-electron chi connectivity index (χ2n) is 5.75. The van der Waals surface area contributed by atoms with Crippen LogP contribution in [0.5, 0.6) is 0 Å². The van der Waals surface area contributed by atoms with E-state index in [-0.39, 0.29) is 5.69 Å². The molecule has 1 aliphatic rings. The number of hydrogen-bond acceptors (Lipinski definition) is 3. The number of carbonyl (C=O) groups is 1. The van der Waals surface area contributed by atoms with E-state index in [9.17, 15) is 13.6 Å². The monoisotopic (exact) mass is 298 g/mol. The zero-order chi connectivity index (χ0) is 15.6. The topological polar surface area (TPSA) is 43.8 Å². The smallest absolute Gasteiger partial charge is 0.338 e. The molecule has 0 spiro atoms. The van der Waals surface area contributed by atoms with Crippen molar-refractivity contribution >= 4 is 11.7 Å². The van der Waals surface area contributed by atoms with Gasteiger partial charge in [0.2, 0.25) is 0 Å². The van der Waals surface area contributed by atoms with Crippen LogP contribution in [0.15, 0.2) is 12.1 Å². The molecule has 21 heavy (non-hydrogen) atoms. The third-order valence-electron chi connectivity index (χ3n) is 3.63. The normalized spacial score (nSPS) is 16.5. The number of aromatic carboxylic acids is 1. The van der Waals surface area contributed by atoms with Gasteiger partial charge in [0.25, 0.3) is 0 Å². The number of benzene rings is 1. The summed E-state index contributed by atoms with van der Waals surface area (Å²) in [6.45, 7) is 8.07. The number of piperazine rings is 1. The molecule has 116 valence electrons. The van der Waals surface area contributed by atoms with Gasteiger partial charge in [-0.1, -0.05) is 13.8 Å². The number of hydrogen-bond donors (Lipinski definition) is 1. The molecule has 0 bridgehead atoms. The van der Waals surface area contributed by atoms with Gasteiger partial charge in [-0.3, -0.25) is 4.90 Å². The SMILES string of the molecule is CC(C)CN1CCN(c2ccc(C(=O)O)c(F)c2F)CC1. The highest BCUT2D eigenvalue weighted by Gasteiger charge is 2.24. The average Bonchev–Trinajstić information content (AvgIpc) is 2.42. The standard InChI is InChI=1S/C15H20F2N2O2/c1-10(2)9-18-5-7-19(8-6-18)12-4-3-11(15(20)21)13(16)14(12)17/h3-4,10H,5-9H2,1-2H3,(H,20,21). The van der Waals surface area contributed by atoms with Crippen LogP contribution in [0.3, 0.4) is 0 Å². The van der Waals surface area contributed by atoms with Crippen molar-refractivity contribution in [2.75, 3.05) is 37.6 Å². The largest absolute Gasteiger partial charge is 0.478 e. The first-order valence-electron chi connectivity index (χ1n) is 7.08. The molecule has 0 saturated carbocycles. The summed E-state index contributed by atoms with van der Waals surface area (Å²) < 4.78 is 27.7. The van der Waals surface area contributed by atoms with Gasteiger partial charge in [0, 0.05) is 32.7 Å². The summed E-state index contributed by atoms with van der Waals surface area (Å²) in [7, 11) is 0. The molecule has 1 aliphatic heterocycles. The molecule has 6 heteroatoms. The van der Waals surface area contributed by atoms with Gasteiger partial charge in [-0.15, -0.1) is 0 Å². The maximum Gasteiger partial charge on any atom is 0.338 e. The third-order valence-corrected chi connectivity index (χ3v) is 3.63. The fourth-order valence-electron chi connectivity index (χ4n) is 2.64. The second-order valence-corrected chi connectivity index (χ2v) is 5.75. The Morgan fingerprint density at radius 1 is 1.19 bits per heavy atom. The molecule has 0 aromatic heterocycles. The first-order valence-corrected chi connectivity index (χ1v) is 7.08. The molecule has 2 rings (SSSR count). The maximum atomic E-state index is 14.0. The Kier molecular flexibility index (Phi) is 4.77. The molecule has 1 aromatic carbocycles. The minimum Gasteiger partial charge on any atom is -0.478 e. The molecule has 1 heterocycles. The van der Waals surface area contributed by atoms with E-state index in [0.717, 1.165) is 25.7 Å². The van der Waals surface area contributed by atoms with Crippen molar-refractivity contribution < 1.29 is 18.7 Å². The highest BCUT2D eigenvalue weighted by atomic mass is 19.2. The van der Waals surface area contributed by atoms with Crippen molar-refractivity contribution in [1.29, 1.82) is 0 Å². The van der Waals surface area contributed by atoms with Crippen molar-refractivity contribution in [2.24, 2.45) is 5.92 Å². The summed E-state index contributed by atoms with van der Waals surface area (Å²) in [4.78, 5) is 14.8. The molecular formula is C15H20F2N2O2. The minimum atomic E-state index is -1.46. The van der Waals surface area contributed by atoms with Crippen LogP contribution < -0.4 is 4.90 Å². The van der Waals surface area contributed by atoms with Gasteiger partial charge >= 0.3 is 5.97 Å². The van der Waals surface area contributed by atoms with E-state index in [4.69, 9.17) is 5.11 Å². The number of nitrogens with zero attached hydrogens (tertiary/aromatic N) is 2. The van der Waals surface area contributed by atoms with E-state index in [1.165, 1.54) is 6.07 Å². The molecular weight excluding hydrogens is 278 g/mol. The molecule has 1 fully saturated rings. The van der Waals surface area contributed by atoms with Crippen molar-refractivity contribution in [2.45, 2.75) is 13.8 Å². The quantitative estimate of drug-likeness (QED) is 0.927. The van der Waals surface area contributed by atoms with E-state index in [1.807, 2.05) is 0 Å². The van der Waals surface area contributed by atoms with Crippen LogP contribution in [0.2, 0.25) is 0 Å². The summed E-state index contributed by atoms with van der Waals surface area (Å²) in [5.41, 5.74) is -0.489. The Hall–Kier alpha value is -1.69. The average molecular weight is 298 g/mol. The van der Waals surface area contributed by atoms with Gasteiger partial charge in [0.05, 0.1) is 11.3 Å². The van der Waals surface area contributed by atoms with Gasteiger partial charge < -0.3 is 10.0 Å². The Morgan fingerprint density at radius 3 is 2.33 bits per heavy atom. The Bertz CT molecular complexity index is 527. The molecule has 0 amide bonds. The predicted octanol–water partition coefficient (Wildman–Crippen LogP) is 2.44. The fraction of sp³-hybridized carbons (Fsp3) is 0.533.